The summed E-state index contributed by atoms with van der Waals surface area (Å²) in [4.78, 5) is 0. The van der Waals surface area contributed by atoms with E-state index in [4.69, 9.17) is 4.74 Å². The topological polar surface area (TPSA) is 49.7 Å². The van der Waals surface area contributed by atoms with Crippen molar-refractivity contribution in [1.29, 1.82) is 0 Å². The molecule has 0 spiro atoms. The van der Waals surface area contributed by atoms with Gasteiger partial charge < -0.3 is 14.9 Å². The lowest BCUT2D eigenvalue weighted by Crippen LogP contribution is -2.36. The number of benzene rings is 2. The van der Waals surface area contributed by atoms with E-state index in [2.05, 4.69) is 0 Å². The molecule has 0 amide bonds. The molecule has 2 aromatic carbocycles. The summed E-state index contributed by atoms with van der Waals surface area (Å²) in [6.07, 6.45) is 1.28. The highest BCUT2D eigenvalue weighted by Gasteiger charge is 2.35. The van der Waals surface area contributed by atoms with Crippen LogP contribution in [0, 0.1) is 0 Å². The summed E-state index contributed by atoms with van der Waals surface area (Å²) in [7, 11) is 0. The van der Waals surface area contributed by atoms with Crippen molar-refractivity contribution in [3.8, 4) is 11.5 Å². The van der Waals surface area contributed by atoms with E-state index in [0.29, 0.717) is 12.0 Å². The van der Waals surface area contributed by atoms with Gasteiger partial charge in [-0.3, -0.25) is 0 Å². The van der Waals surface area contributed by atoms with Gasteiger partial charge in [0.2, 0.25) is 5.79 Å². The maximum absolute atomic E-state index is 10.6. The molecule has 1 unspecified atom stereocenters. The Morgan fingerprint density at radius 2 is 1.72 bits per heavy atom. The van der Waals surface area contributed by atoms with E-state index in [1.165, 1.54) is 0 Å². The van der Waals surface area contributed by atoms with Crippen molar-refractivity contribution >= 4 is 0 Å². The molecule has 1 atom stereocenters. The van der Waals surface area contributed by atoms with Crippen LogP contribution < -0.4 is 4.74 Å². The number of phenolic OH excluding ortho intramolecular Hbond substituents is 1. The number of para-hydroxylation sites is 1. The van der Waals surface area contributed by atoms with Gasteiger partial charge in [0.05, 0.1) is 0 Å². The van der Waals surface area contributed by atoms with Crippen LogP contribution in [0.3, 0.4) is 0 Å². The average Bonchev–Trinajstić information content (AvgIpc) is 2.39. The second-order valence-corrected chi connectivity index (χ2v) is 4.54. The molecule has 3 nitrogen and oxygen atoms in total. The molecule has 0 saturated carbocycles. The molecule has 0 saturated heterocycles. The summed E-state index contributed by atoms with van der Waals surface area (Å²) >= 11 is 0. The van der Waals surface area contributed by atoms with Gasteiger partial charge in [0.25, 0.3) is 0 Å². The standard InChI is InChI=1S/C15H14O3/c16-13-7-5-12(6-8-13)15(17)10-9-11-3-1-2-4-14(11)18-15/h1-8,16-17H,9-10H2. The molecule has 0 radical (unpaired) electrons. The minimum Gasteiger partial charge on any atom is -0.508 e. The highest BCUT2D eigenvalue weighted by molar-refractivity contribution is 5.38. The fourth-order valence-corrected chi connectivity index (χ4v) is 2.27. The van der Waals surface area contributed by atoms with Crippen molar-refractivity contribution in [2.75, 3.05) is 0 Å². The molecule has 92 valence electrons. The number of phenols is 1. The molecule has 0 bridgehead atoms. The first-order valence-electron chi connectivity index (χ1n) is 5.96. The van der Waals surface area contributed by atoms with Gasteiger partial charge in [-0.15, -0.1) is 0 Å². The number of aliphatic hydroxyl groups is 1. The molecule has 1 aliphatic heterocycles. The molecule has 2 aromatic rings. The fraction of sp³-hybridized carbons (Fsp3) is 0.200. The minimum absolute atomic E-state index is 0.179. The summed E-state index contributed by atoms with van der Waals surface area (Å²) in [5.41, 5.74) is 1.77. The van der Waals surface area contributed by atoms with Crippen molar-refractivity contribution < 1.29 is 14.9 Å². The van der Waals surface area contributed by atoms with E-state index in [1.807, 2.05) is 24.3 Å². The number of rotatable bonds is 1. The first-order chi connectivity index (χ1) is 8.67. The van der Waals surface area contributed by atoms with Crippen molar-refractivity contribution in [1.82, 2.24) is 0 Å². The Morgan fingerprint density at radius 3 is 2.50 bits per heavy atom. The number of ether oxygens (including phenoxy) is 1. The molecular weight excluding hydrogens is 228 g/mol. The Morgan fingerprint density at radius 1 is 1.00 bits per heavy atom. The van der Waals surface area contributed by atoms with Crippen LogP contribution in [-0.4, -0.2) is 10.2 Å². The molecule has 1 heterocycles. The number of aryl methyl sites for hydroxylation is 1. The van der Waals surface area contributed by atoms with Crippen molar-refractivity contribution in [2.45, 2.75) is 18.6 Å². The highest BCUT2D eigenvalue weighted by atomic mass is 16.6. The van der Waals surface area contributed by atoms with Gasteiger partial charge in [0.1, 0.15) is 11.5 Å². The molecule has 3 rings (SSSR count). The summed E-state index contributed by atoms with van der Waals surface area (Å²) in [6.45, 7) is 0. The van der Waals surface area contributed by atoms with Gasteiger partial charge in [-0.2, -0.15) is 0 Å². The maximum Gasteiger partial charge on any atom is 0.235 e. The lowest BCUT2D eigenvalue weighted by atomic mass is 9.94. The SMILES string of the molecule is Oc1ccc(C2(O)CCc3ccccc3O2)cc1. The van der Waals surface area contributed by atoms with E-state index in [-0.39, 0.29) is 5.75 Å². The summed E-state index contributed by atoms with van der Waals surface area (Å²) in [6, 6.07) is 14.2. The van der Waals surface area contributed by atoms with Crippen LogP contribution >= 0.6 is 0 Å². The van der Waals surface area contributed by atoms with Crippen LogP contribution in [0.15, 0.2) is 48.5 Å². The molecule has 1 aliphatic rings. The van der Waals surface area contributed by atoms with Crippen LogP contribution in [0.2, 0.25) is 0 Å². The second kappa shape index (κ2) is 4.03. The van der Waals surface area contributed by atoms with E-state index in [9.17, 15) is 10.2 Å². The van der Waals surface area contributed by atoms with Crippen molar-refractivity contribution in [2.24, 2.45) is 0 Å². The zero-order chi connectivity index (χ0) is 12.6. The summed E-state index contributed by atoms with van der Waals surface area (Å²) in [5, 5.41) is 19.9. The Labute approximate surface area is 105 Å². The predicted molar refractivity (Wildman–Crippen MR) is 67.4 cm³/mol. The lowest BCUT2D eigenvalue weighted by Gasteiger charge is -2.34. The van der Waals surface area contributed by atoms with Crippen LogP contribution in [0.5, 0.6) is 11.5 Å². The van der Waals surface area contributed by atoms with Crippen LogP contribution in [0.1, 0.15) is 17.5 Å². The summed E-state index contributed by atoms with van der Waals surface area (Å²) in [5.74, 6) is -0.403. The first-order valence-corrected chi connectivity index (χ1v) is 5.96. The number of hydrogen-bond donors (Lipinski definition) is 2. The number of hydrogen-bond acceptors (Lipinski definition) is 3. The molecule has 3 heteroatoms. The predicted octanol–water partition coefficient (Wildman–Crippen LogP) is 2.56. The largest absolute Gasteiger partial charge is 0.508 e. The quantitative estimate of drug-likeness (QED) is 0.808. The minimum atomic E-state index is -1.30. The van der Waals surface area contributed by atoms with Crippen LogP contribution in [0.4, 0.5) is 0 Å². The van der Waals surface area contributed by atoms with Gasteiger partial charge in [-0.25, -0.2) is 0 Å². The van der Waals surface area contributed by atoms with E-state index in [0.717, 1.165) is 17.7 Å². The summed E-state index contributed by atoms with van der Waals surface area (Å²) < 4.78 is 5.72. The first kappa shape index (κ1) is 11.1. The van der Waals surface area contributed by atoms with Crippen molar-refractivity contribution in [3.05, 3.63) is 59.7 Å². The molecule has 0 aliphatic carbocycles. The zero-order valence-electron chi connectivity index (χ0n) is 9.84. The van der Waals surface area contributed by atoms with Gasteiger partial charge in [0, 0.05) is 12.0 Å². The van der Waals surface area contributed by atoms with E-state index < -0.39 is 5.79 Å². The average molecular weight is 242 g/mol. The van der Waals surface area contributed by atoms with Gasteiger partial charge in [-0.05, 0) is 42.3 Å². The monoisotopic (exact) mass is 242 g/mol. The molecule has 0 fully saturated rings. The van der Waals surface area contributed by atoms with Gasteiger partial charge in [-0.1, -0.05) is 18.2 Å². The maximum atomic E-state index is 10.6. The highest BCUT2D eigenvalue weighted by Crippen LogP contribution is 2.37. The van der Waals surface area contributed by atoms with E-state index in [1.54, 1.807) is 24.3 Å². The lowest BCUT2D eigenvalue weighted by molar-refractivity contribution is -0.158. The third-order valence-electron chi connectivity index (χ3n) is 3.30. The smallest absolute Gasteiger partial charge is 0.235 e. The Hall–Kier alpha value is -2.00. The molecule has 2 N–H and O–H groups in total. The number of fused-ring (bicyclic) bond motifs is 1. The van der Waals surface area contributed by atoms with E-state index >= 15 is 0 Å². The normalized spacial score (nSPS) is 22.1. The van der Waals surface area contributed by atoms with Crippen LogP contribution in [0.25, 0.3) is 0 Å². The second-order valence-electron chi connectivity index (χ2n) is 4.54. The molecular formula is C15H14O3. The Bertz CT molecular complexity index is 562. The Kier molecular flexibility index (Phi) is 2.49. The number of aromatic hydroxyl groups is 1. The fourth-order valence-electron chi connectivity index (χ4n) is 2.27. The zero-order valence-corrected chi connectivity index (χ0v) is 9.84. The van der Waals surface area contributed by atoms with Gasteiger partial charge >= 0.3 is 0 Å². The third-order valence-corrected chi connectivity index (χ3v) is 3.30. The van der Waals surface area contributed by atoms with Crippen LogP contribution in [-0.2, 0) is 12.2 Å². The molecule has 0 aromatic heterocycles. The Balaban J connectivity index is 1.96. The van der Waals surface area contributed by atoms with Crippen molar-refractivity contribution in [3.63, 3.8) is 0 Å². The van der Waals surface area contributed by atoms with Gasteiger partial charge in [0.15, 0.2) is 0 Å². The molecule has 18 heavy (non-hydrogen) atoms. The third kappa shape index (κ3) is 1.83.